The summed E-state index contributed by atoms with van der Waals surface area (Å²) in [6.07, 6.45) is 1.31. The van der Waals surface area contributed by atoms with Gasteiger partial charge in [0.05, 0.1) is 0 Å². The quantitative estimate of drug-likeness (QED) is 0.859. The summed E-state index contributed by atoms with van der Waals surface area (Å²) in [5.41, 5.74) is 3.27. The van der Waals surface area contributed by atoms with Crippen molar-refractivity contribution < 1.29 is 0 Å². The molecule has 1 fully saturated rings. The molecule has 0 bridgehead atoms. The first-order valence-electron chi connectivity index (χ1n) is 7.50. The summed E-state index contributed by atoms with van der Waals surface area (Å²) < 4.78 is 0. The molecule has 0 spiro atoms. The number of hydrogen-bond acceptors (Lipinski definition) is 1. The molecule has 1 aliphatic rings. The lowest BCUT2D eigenvalue weighted by atomic mass is 9.78. The van der Waals surface area contributed by atoms with Crippen molar-refractivity contribution in [1.82, 2.24) is 5.32 Å². The van der Waals surface area contributed by atoms with Gasteiger partial charge < -0.3 is 5.32 Å². The maximum Gasteiger partial charge on any atom is 0.0146 e. The van der Waals surface area contributed by atoms with Crippen LogP contribution in [-0.2, 0) is 0 Å². The first-order valence-corrected chi connectivity index (χ1v) is 7.50. The van der Waals surface area contributed by atoms with E-state index in [1.807, 2.05) is 0 Å². The zero-order chi connectivity index (χ0) is 14.0. The molecule has 104 valence electrons. The summed E-state index contributed by atoms with van der Waals surface area (Å²) in [5.74, 6) is 1.28. The van der Waals surface area contributed by atoms with E-state index in [1.54, 1.807) is 0 Å². The Labute approximate surface area is 122 Å². The molecule has 0 aromatic heterocycles. The molecule has 1 heteroatoms. The highest BCUT2D eigenvalue weighted by atomic mass is 14.8. The summed E-state index contributed by atoms with van der Waals surface area (Å²) in [7, 11) is 2.05. The third-order valence-electron chi connectivity index (χ3n) is 4.83. The molecular weight excluding hydrogens is 242 g/mol. The molecular formula is C19H23N. The van der Waals surface area contributed by atoms with Crippen LogP contribution in [-0.4, -0.2) is 13.6 Å². The molecule has 2 aromatic rings. The Hall–Kier alpha value is -1.60. The van der Waals surface area contributed by atoms with Crippen LogP contribution in [0.2, 0.25) is 0 Å². The normalized spacial score (nSPS) is 24.9. The molecule has 20 heavy (non-hydrogen) atoms. The highest BCUT2D eigenvalue weighted by molar-refractivity contribution is 5.37. The van der Waals surface area contributed by atoms with Crippen molar-refractivity contribution in [1.29, 1.82) is 0 Å². The van der Waals surface area contributed by atoms with Crippen LogP contribution in [0.4, 0.5) is 0 Å². The molecule has 2 atom stereocenters. The maximum atomic E-state index is 3.34. The Morgan fingerprint density at radius 2 is 1.50 bits per heavy atom. The van der Waals surface area contributed by atoms with E-state index < -0.39 is 0 Å². The molecule has 0 saturated heterocycles. The van der Waals surface area contributed by atoms with E-state index in [9.17, 15) is 0 Å². The van der Waals surface area contributed by atoms with Crippen LogP contribution in [0.25, 0.3) is 0 Å². The Morgan fingerprint density at radius 3 is 1.95 bits per heavy atom. The summed E-state index contributed by atoms with van der Waals surface area (Å²) >= 11 is 0. The minimum atomic E-state index is 0.381. The molecule has 1 aliphatic carbocycles. The van der Waals surface area contributed by atoms with E-state index in [0.29, 0.717) is 11.3 Å². The minimum absolute atomic E-state index is 0.381. The third-order valence-corrected chi connectivity index (χ3v) is 4.83. The lowest BCUT2D eigenvalue weighted by Gasteiger charge is -2.26. The van der Waals surface area contributed by atoms with Gasteiger partial charge in [-0.2, -0.15) is 0 Å². The van der Waals surface area contributed by atoms with E-state index in [1.165, 1.54) is 17.5 Å². The first kappa shape index (κ1) is 13.4. The second kappa shape index (κ2) is 5.41. The largest absolute Gasteiger partial charge is 0.319 e. The fourth-order valence-corrected chi connectivity index (χ4v) is 3.62. The molecule has 2 aromatic carbocycles. The Kier molecular flexibility index (Phi) is 3.62. The van der Waals surface area contributed by atoms with Gasteiger partial charge in [0.25, 0.3) is 0 Å². The topological polar surface area (TPSA) is 12.0 Å². The van der Waals surface area contributed by atoms with Gasteiger partial charge in [-0.15, -0.1) is 0 Å². The van der Waals surface area contributed by atoms with Gasteiger partial charge in [-0.3, -0.25) is 0 Å². The molecule has 3 rings (SSSR count). The van der Waals surface area contributed by atoms with Crippen molar-refractivity contribution in [2.45, 2.75) is 19.3 Å². The smallest absolute Gasteiger partial charge is 0.0146 e. The zero-order valence-electron chi connectivity index (χ0n) is 12.3. The predicted octanol–water partition coefficient (Wildman–Crippen LogP) is 4.06. The average molecular weight is 265 g/mol. The second-order valence-corrected chi connectivity index (χ2v) is 6.22. The monoisotopic (exact) mass is 265 g/mol. The van der Waals surface area contributed by atoms with Gasteiger partial charge in [-0.25, -0.2) is 0 Å². The third kappa shape index (κ3) is 2.38. The van der Waals surface area contributed by atoms with Gasteiger partial charge in [-0.05, 0) is 42.5 Å². The van der Waals surface area contributed by atoms with Crippen LogP contribution in [0.5, 0.6) is 0 Å². The van der Waals surface area contributed by atoms with Crippen LogP contribution in [0.15, 0.2) is 60.7 Å². The van der Waals surface area contributed by atoms with Gasteiger partial charge in [0.15, 0.2) is 0 Å². The van der Waals surface area contributed by atoms with Gasteiger partial charge >= 0.3 is 0 Å². The van der Waals surface area contributed by atoms with Gasteiger partial charge in [0.1, 0.15) is 0 Å². The Balaban J connectivity index is 1.98. The van der Waals surface area contributed by atoms with Crippen molar-refractivity contribution in [3.63, 3.8) is 0 Å². The van der Waals surface area contributed by atoms with Crippen LogP contribution >= 0.6 is 0 Å². The van der Waals surface area contributed by atoms with Gasteiger partial charge in [0.2, 0.25) is 0 Å². The minimum Gasteiger partial charge on any atom is -0.319 e. The molecule has 2 unspecified atom stereocenters. The van der Waals surface area contributed by atoms with Crippen molar-refractivity contribution in [3.8, 4) is 0 Å². The van der Waals surface area contributed by atoms with Crippen molar-refractivity contribution in [2.75, 3.05) is 13.6 Å². The molecule has 0 heterocycles. The van der Waals surface area contributed by atoms with Crippen molar-refractivity contribution >= 4 is 0 Å². The second-order valence-electron chi connectivity index (χ2n) is 6.22. The number of rotatable bonds is 5. The number of nitrogens with one attached hydrogen (secondary N) is 1. The summed E-state index contributed by atoms with van der Waals surface area (Å²) in [4.78, 5) is 0. The van der Waals surface area contributed by atoms with Crippen molar-refractivity contribution in [3.05, 3.63) is 71.8 Å². The zero-order valence-corrected chi connectivity index (χ0v) is 12.3. The fourth-order valence-electron chi connectivity index (χ4n) is 3.62. The summed E-state index contributed by atoms with van der Waals surface area (Å²) in [6.45, 7) is 3.56. The molecule has 0 radical (unpaired) electrons. The standard InChI is InChI=1S/C19H23N/c1-19(13-17(19)14-20-2)18(15-9-5-3-6-10-15)16-11-7-4-8-12-16/h3-12,17-18,20H,13-14H2,1-2H3. The molecule has 0 aliphatic heterocycles. The summed E-state index contributed by atoms with van der Waals surface area (Å²) in [5, 5.41) is 3.34. The molecule has 1 saturated carbocycles. The maximum absolute atomic E-state index is 3.34. The van der Waals surface area contributed by atoms with Crippen LogP contribution in [0, 0.1) is 11.3 Å². The molecule has 0 amide bonds. The van der Waals surface area contributed by atoms with Crippen LogP contribution in [0.3, 0.4) is 0 Å². The first-order chi connectivity index (χ1) is 9.75. The van der Waals surface area contributed by atoms with Crippen molar-refractivity contribution in [2.24, 2.45) is 11.3 Å². The van der Waals surface area contributed by atoms with Crippen LogP contribution < -0.4 is 5.32 Å². The van der Waals surface area contributed by atoms with E-state index in [0.717, 1.165) is 12.5 Å². The van der Waals surface area contributed by atoms with Gasteiger partial charge in [0, 0.05) is 5.92 Å². The van der Waals surface area contributed by atoms with E-state index in [-0.39, 0.29) is 0 Å². The number of hydrogen-bond donors (Lipinski definition) is 1. The fraction of sp³-hybridized carbons (Fsp3) is 0.368. The predicted molar refractivity (Wildman–Crippen MR) is 84.9 cm³/mol. The van der Waals surface area contributed by atoms with Gasteiger partial charge in [-0.1, -0.05) is 67.6 Å². The van der Waals surface area contributed by atoms with E-state index >= 15 is 0 Å². The number of benzene rings is 2. The van der Waals surface area contributed by atoms with Crippen LogP contribution in [0.1, 0.15) is 30.4 Å². The highest BCUT2D eigenvalue weighted by Crippen LogP contribution is 2.62. The van der Waals surface area contributed by atoms with E-state index in [4.69, 9.17) is 0 Å². The lowest BCUT2D eigenvalue weighted by Crippen LogP contribution is -2.19. The average Bonchev–Trinajstić information content (AvgIpc) is 3.12. The Morgan fingerprint density at radius 1 is 1.00 bits per heavy atom. The SMILES string of the molecule is CNCC1CC1(C)C(c1ccccc1)c1ccccc1. The lowest BCUT2D eigenvalue weighted by molar-refractivity contribution is 0.434. The highest BCUT2D eigenvalue weighted by Gasteiger charge is 2.55. The van der Waals surface area contributed by atoms with E-state index in [2.05, 4.69) is 80.0 Å². The molecule has 1 N–H and O–H groups in total. The summed E-state index contributed by atoms with van der Waals surface area (Å²) in [6, 6.07) is 21.9. The molecule has 1 nitrogen and oxygen atoms in total. The Bertz CT molecular complexity index is 509.